The van der Waals surface area contributed by atoms with E-state index in [0.717, 1.165) is 30.9 Å². The summed E-state index contributed by atoms with van der Waals surface area (Å²) in [6.45, 7) is 5.37. The quantitative estimate of drug-likeness (QED) is 0.854. The van der Waals surface area contributed by atoms with Gasteiger partial charge in [0.1, 0.15) is 6.10 Å². The van der Waals surface area contributed by atoms with E-state index < -0.39 is 0 Å². The SMILES string of the molecule is CCCNC1CCC(Oc2ccc(C)cc2OC)C1. The van der Waals surface area contributed by atoms with E-state index in [2.05, 4.69) is 25.2 Å². The topological polar surface area (TPSA) is 30.5 Å². The Morgan fingerprint density at radius 1 is 1.26 bits per heavy atom. The molecule has 1 aliphatic rings. The Morgan fingerprint density at radius 2 is 2.11 bits per heavy atom. The van der Waals surface area contributed by atoms with Gasteiger partial charge in [-0.2, -0.15) is 0 Å². The van der Waals surface area contributed by atoms with Crippen molar-refractivity contribution in [3.63, 3.8) is 0 Å². The molecule has 0 saturated heterocycles. The van der Waals surface area contributed by atoms with Crippen LogP contribution < -0.4 is 14.8 Å². The van der Waals surface area contributed by atoms with Gasteiger partial charge in [-0.05, 0) is 56.8 Å². The second-order valence-corrected chi connectivity index (χ2v) is 5.36. The minimum atomic E-state index is 0.311. The summed E-state index contributed by atoms with van der Waals surface area (Å²) in [5, 5.41) is 3.57. The third-order valence-corrected chi connectivity index (χ3v) is 3.68. The Labute approximate surface area is 116 Å². The Balaban J connectivity index is 1.91. The maximum atomic E-state index is 6.10. The van der Waals surface area contributed by atoms with Gasteiger partial charge < -0.3 is 14.8 Å². The molecule has 0 radical (unpaired) electrons. The molecule has 1 fully saturated rings. The summed E-state index contributed by atoms with van der Waals surface area (Å²) >= 11 is 0. The molecule has 2 rings (SSSR count). The Kier molecular flexibility index (Phi) is 5.08. The lowest BCUT2D eigenvalue weighted by molar-refractivity contribution is 0.197. The number of hydrogen-bond acceptors (Lipinski definition) is 3. The van der Waals surface area contributed by atoms with Crippen molar-refractivity contribution in [2.75, 3.05) is 13.7 Å². The standard InChI is InChI=1S/C16H25NO2/c1-4-9-17-13-6-7-14(11-13)19-15-8-5-12(2)10-16(15)18-3/h5,8,10,13-14,17H,4,6-7,9,11H2,1-3H3. The number of ether oxygens (including phenoxy) is 2. The molecule has 0 heterocycles. The second kappa shape index (κ2) is 6.80. The Morgan fingerprint density at radius 3 is 2.84 bits per heavy atom. The number of benzene rings is 1. The van der Waals surface area contributed by atoms with Gasteiger partial charge in [0.2, 0.25) is 0 Å². The van der Waals surface area contributed by atoms with Gasteiger partial charge in [0, 0.05) is 6.04 Å². The molecule has 1 aromatic rings. The molecule has 106 valence electrons. The van der Waals surface area contributed by atoms with Gasteiger partial charge >= 0.3 is 0 Å². The fourth-order valence-electron chi connectivity index (χ4n) is 2.63. The van der Waals surface area contributed by atoms with Crippen molar-refractivity contribution < 1.29 is 9.47 Å². The third-order valence-electron chi connectivity index (χ3n) is 3.68. The van der Waals surface area contributed by atoms with E-state index in [4.69, 9.17) is 9.47 Å². The van der Waals surface area contributed by atoms with E-state index in [1.54, 1.807) is 7.11 Å². The zero-order valence-corrected chi connectivity index (χ0v) is 12.2. The molecule has 0 bridgehead atoms. The van der Waals surface area contributed by atoms with Gasteiger partial charge in [0.25, 0.3) is 0 Å². The van der Waals surface area contributed by atoms with Crippen molar-refractivity contribution in [2.24, 2.45) is 0 Å². The molecule has 2 unspecified atom stereocenters. The lowest BCUT2D eigenvalue weighted by Gasteiger charge is -2.17. The third kappa shape index (κ3) is 3.87. The van der Waals surface area contributed by atoms with Crippen LogP contribution >= 0.6 is 0 Å². The highest BCUT2D eigenvalue weighted by atomic mass is 16.5. The maximum absolute atomic E-state index is 6.10. The van der Waals surface area contributed by atoms with Crippen molar-refractivity contribution in [3.8, 4) is 11.5 Å². The van der Waals surface area contributed by atoms with E-state index >= 15 is 0 Å². The second-order valence-electron chi connectivity index (χ2n) is 5.36. The van der Waals surface area contributed by atoms with Gasteiger partial charge in [-0.1, -0.05) is 13.0 Å². The minimum Gasteiger partial charge on any atom is -0.493 e. The fraction of sp³-hybridized carbons (Fsp3) is 0.625. The summed E-state index contributed by atoms with van der Waals surface area (Å²) in [7, 11) is 1.70. The van der Waals surface area contributed by atoms with Crippen LogP contribution in [0.2, 0.25) is 0 Å². The van der Waals surface area contributed by atoms with Crippen LogP contribution in [0, 0.1) is 6.92 Å². The molecule has 3 heteroatoms. The Bertz CT molecular complexity index is 406. The van der Waals surface area contributed by atoms with E-state index in [1.165, 1.54) is 18.4 Å². The molecular weight excluding hydrogens is 238 g/mol. The molecule has 19 heavy (non-hydrogen) atoms. The van der Waals surface area contributed by atoms with Crippen molar-refractivity contribution >= 4 is 0 Å². The van der Waals surface area contributed by atoms with Crippen LogP contribution in [0.15, 0.2) is 18.2 Å². The van der Waals surface area contributed by atoms with Crippen molar-refractivity contribution in [1.82, 2.24) is 5.32 Å². The first-order valence-corrected chi connectivity index (χ1v) is 7.27. The molecule has 1 saturated carbocycles. The smallest absolute Gasteiger partial charge is 0.161 e. The molecule has 2 atom stereocenters. The first-order chi connectivity index (χ1) is 9.22. The average molecular weight is 263 g/mol. The summed E-state index contributed by atoms with van der Waals surface area (Å²) in [4.78, 5) is 0. The molecular formula is C16H25NO2. The zero-order valence-electron chi connectivity index (χ0n) is 12.2. The normalized spacial score (nSPS) is 22.5. The summed E-state index contributed by atoms with van der Waals surface area (Å²) in [5.41, 5.74) is 1.19. The van der Waals surface area contributed by atoms with Gasteiger partial charge in [-0.3, -0.25) is 0 Å². The summed E-state index contributed by atoms with van der Waals surface area (Å²) < 4.78 is 11.5. The molecule has 0 amide bonds. The van der Waals surface area contributed by atoms with Gasteiger partial charge in [0.05, 0.1) is 7.11 Å². The lowest BCUT2D eigenvalue weighted by Crippen LogP contribution is -2.28. The molecule has 0 spiro atoms. The monoisotopic (exact) mass is 263 g/mol. The fourth-order valence-corrected chi connectivity index (χ4v) is 2.63. The molecule has 1 N–H and O–H groups in total. The van der Waals surface area contributed by atoms with Gasteiger partial charge in [0.15, 0.2) is 11.5 Å². The maximum Gasteiger partial charge on any atom is 0.161 e. The largest absolute Gasteiger partial charge is 0.493 e. The zero-order chi connectivity index (χ0) is 13.7. The highest BCUT2D eigenvalue weighted by molar-refractivity contribution is 5.42. The number of methoxy groups -OCH3 is 1. The lowest BCUT2D eigenvalue weighted by atomic mass is 10.2. The predicted octanol–water partition coefficient (Wildman–Crippen LogP) is 3.30. The van der Waals surface area contributed by atoms with Crippen LogP contribution in [0.3, 0.4) is 0 Å². The minimum absolute atomic E-state index is 0.311. The summed E-state index contributed by atoms with van der Waals surface area (Å²) in [6.07, 6.45) is 4.92. The van der Waals surface area contributed by atoms with Crippen molar-refractivity contribution in [3.05, 3.63) is 23.8 Å². The van der Waals surface area contributed by atoms with Crippen LogP contribution in [0.25, 0.3) is 0 Å². The molecule has 0 aromatic heterocycles. The van der Waals surface area contributed by atoms with Crippen LogP contribution in [-0.4, -0.2) is 25.8 Å². The van der Waals surface area contributed by atoms with E-state index in [-0.39, 0.29) is 0 Å². The highest BCUT2D eigenvalue weighted by Gasteiger charge is 2.26. The first kappa shape index (κ1) is 14.2. The average Bonchev–Trinajstić information content (AvgIpc) is 2.86. The van der Waals surface area contributed by atoms with Crippen LogP contribution in [0.5, 0.6) is 11.5 Å². The summed E-state index contributed by atoms with van der Waals surface area (Å²) in [6, 6.07) is 6.72. The summed E-state index contributed by atoms with van der Waals surface area (Å²) in [5.74, 6) is 1.71. The van der Waals surface area contributed by atoms with E-state index in [9.17, 15) is 0 Å². The predicted molar refractivity (Wildman–Crippen MR) is 78.1 cm³/mol. The molecule has 1 aromatic carbocycles. The highest BCUT2D eigenvalue weighted by Crippen LogP contribution is 2.32. The Hall–Kier alpha value is -1.22. The van der Waals surface area contributed by atoms with Crippen molar-refractivity contribution in [2.45, 2.75) is 51.7 Å². The molecule has 3 nitrogen and oxygen atoms in total. The number of rotatable bonds is 6. The van der Waals surface area contributed by atoms with E-state index in [0.29, 0.717) is 12.1 Å². The van der Waals surface area contributed by atoms with Gasteiger partial charge in [-0.25, -0.2) is 0 Å². The molecule has 0 aliphatic heterocycles. The van der Waals surface area contributed by atoms with Gasteiger partial charge in [-0.15, -0.1) is 0 Å². The van der Waals surface area contributed by atoms with E-state index in [1.807, 2.05) is 12.1 Å². The van der Waals surface area contributed by atoms with Crippen molar-refractivity contribution in [1.29, 1.82) is 0 Å². The number of aryl methyl sites for hydroxylation is 1. The van der Waals surface area contributed by atoms with Crippen LogP contribution in [0.4, 0.5) is 0 Å². The van der Waals surface area contributed by atoms with Crippen LogP contribution in [-0.2, 0) is 0 Å². The first-order valence-electron chi connectivity index (χ1n) is 7.27. The number of nitrogens with one attached hydrogen (secondary N) is 1. The molecule has 1 aliphatic carbocycles. The number of hydrogen-bond donors (Lipinski definition) is 1. The van der Waals surface area contributed by atoms with Crippen LogP contribution in [0.1, 0.15) is 38.2 Å².